The average molecular weight is 414 g/mol. The zero-order chi connectivity index (χ0) is 20.9. The quantitative estimate of drug-likeness (QED) is 0.739. The van der Waals surface area contributed by atoms with Gasteiger partial charge in [0.1, 0.15) is 0 Å². The van der Waals surface area contributed by atoms with Crippen LogP contribution in [0.2, 0.25) is 0 Å². The van der Waals surface area contributed by atoms with E-state index < -0.39 is 11.7 Å². The third-order valence-electron chi connectivity index (χ3n) is 7.01. The van der Waals surface area contributed by atoms with E-state index in [9.17, 15) is 18.0 Å². The Bertz CT molecular complexity index is 948. The summed E-state index contributed by atoms with van der Waals surface area (Å²) >= 11 is 0. The van der Waals surface area contributed by atoms with Crippen LogP contribution in [0.3, 0.4) is 0 Å². The fourth-order valence-corrected chi connectivity index (χ4v) is 5.38. The van der Waals surface area contributed by atoms with E-state index in [1.807, 2.05) is 6.07 Å². The number of hydrogen-bond acceptors (Lipinski definition) is 2. The fourth-order valence-electron chi connectivity index (χ4n) is 5.38. The van der Waals surface area contributed by atoms with Crippen molar-refractivity contribution >= 4 is 5.91 Å². The highest BCUT2D eigenvalue weighted by Gasteiger charge is 2.42. The molecule has 2 aromatic rings. The van der Waals surface area contributed by atoms with Crippen molar-refractivity contribution in [2.24, 2.45) is 5.92 Å². The molecule has 3 aliphatic rings. The maximum absolute atomic E-state index is 13.2. The first-order valence-electron chi connectivity index (χ1n) is 10.7. The largest absolute Gasteiger partial charge is 0.416 e. The summed E-state index contributed by atoms with van der Waals surface area (Å²) in [6, 6.07) is 11.6. The number of piperidine rings is 2. The molecule has 2 aromatic carbocycles. The molecule has 30 heavy (non-hydrogen) atoms. The number of benzene rings is 2. The molecular formula is C24H25F3N2O. The normalized spacial score (nSPS) is 24.0. The van der Waals surface area contributed by atoms with Crippen molar-refractivity contribution in [2.45, 2.75) is 43.8 Å². The Hall–Kier alpha value is -2.34. The number of halogens is 3. The molecule has 1 N–H and O–H groups in total. The first kappa shape index (κ1) is 19.6. The summed E-state index contributed by atoms with van der Waals surface area (Å²) in [7, 11) is 0. The molecular weight excluding hydrogens is 389 g/mol. The second-order valence-electron chi connectivity index (χ2n) is 8.71. The summed E-state index contributed by atoms with van der Waals surface area (Å²) < 4.78 is 38.6. The third-order valence-corrected chi connectivity index (χ3v) is 7.01. The lowest BCUT2D eigenvalue weighted by Gasteiger charge is -2.37. The average Bonchev–Trinajstić information content (AvgIpc) is 3.05. The van der Waals surface area contributed by atoms with Gasteiger partial charge in [-0.3, -0.25) is 4.79 Å². The van der Waals surface area contributed by atoms with Gasteiger partial charge >= 0.3 is 6.18 Å². The van der Waals surface area contributed by atoms with Crippen LogP contribution in [0.15, 0.2) is 42.5 Å². The Morgan fingerprint density at radius 3 is 2.33 bits per heavy atom. The van der Waals surface area contributed by atoms with Crippen molar-refractivity contribution in [2.75, 3.05) is 19.6 Å². The second kappa shape index (κ2) is 7.41. The molecule has 0 aromatic heterocycles. The topological polar surface area (TPSA) is 32.3 Å². The fraction of sp³-hybridized carbons (Fsp3) is 0.458. The van der Waals surface area contributed by atoms with Gasteiger partial charge in [0.15, 0.2) is 0 Å². The summed E-state index contributed by atoms with van der Waals surface area (Å²) in [5.74, 6) is 0.849. The van der Waals surface area contributed by atoms with Crippen molar-refractivity contribution in [1.29, 1.82) is 0 Å². The van der Waals surface area contributed by atoms with Gasteiger partial charge in [0.05, 0.1) is 11.6 Å². The molecule has 2 heterocycles. The smallest absolute Gasteiger partial charge is 0.335 e. The van der Waals surface area contributed by atoms with Crippen molar-refractivity contribution in [1.82, 2.24) is 10.2 Å². The highest BCUT2D eigenvalue weighted by atomic mass is 19.4. The van der Waals surface area contributed by atoms with Crippen molar-refractivity contribution in [3.05, 3.63) is 59.2 Å². The van der Waals surface area contributed by atoms with E-state index in [0.717, 1.165) is 68.6 Å². The summed E-state index contributed by atoms with van der Waals surface area (Å²) in [6.07, 6.45) is -0.598. The number of carbonyl (C=O) groups excluding carboxylic acids is 1. The number of likely N-dealkylation sites (tertiary alicyclic amines) is 1. The molecule has 2 unspecified atom stereocenters. The number of amides is 1. The molecule has 6 heteroatoms. The molecule has 158 valence electrons. The molecule has 1 amide bonds. The van der Waals surface area contributed by atoms with E-state index in [1.54, 1.807) is 0 Å². The van der Waals surface area contributed by atoms with E-state index in [4.69, 9.17) is 0 Å². The first-order valence-corrected chi connectivity index (χ1v) is 10.7. The molecule has 2 bridgehead atoms. The van der Waals surface area contributed by atoms with Gasteiger partial charge in [-0.1, -0.05) is 24.3 Å². The lowest BCUT2D eigenvalue weighted by atomic mass is 9.92. The van der Waals surface area contributed by atoms with Gasteiger partial charge in [-0.15, -0.1) is 0 Å². The molecule has 3 nitrogen and oxygen atoms in total. The lowest BCUT2D eigenvalue weighted by molar-refractivity contribution is -0.140. The Morgan fingerprint density at radius 2 is 1.63 bits per heavy atom. The number of carbonyl (C=O) groups is 1. The number of alkyl halides is 3. The van der Waals surface area contributed by atoms with Crippen molar-refractivity contribution in [3.8, 4) is 11.1 Å². The van der Waals surface area contributed by atoms with Gasteiger partial charge in [0.25, 0.3) is 0 Å². The number of fused-ring (bicyclic) bond motifs is 5. The zero-order valence-electron chi connectivity index (χ0n) is 16.7. The molecule has 5 rings (SSSR count). The summed E-state index contributed by atoms with van der Waals surface area (Å²) in [6.45, 7) is 2.58. The highest BCUT2D eigenvalue weighted by Crippen LogP contribution is 2.50. The summed E-state index contributed by atoms with van der Waals surface area (Å²) in [5.41, 5.74) is 3.52. The first-order chi connectivity index (χ1) is 14.4. The Balaban J connectivity index is 1.43. The van der Waals surface area contributed by atoms with E-state index in [2.05, 4.69) is 22.3 Å². The predicted molar refractivity (Wildman–Crippen MR) is 109 cm³/mol. The van der Waals surface area contributed by atoms with E-state index in [1.165, 1.54) is 23.3 Å². The highest BCUT2D eigenvalue weighted by molar-refractivity contribution is 5.80. The van der Waals surface area contributed by atoms with E-state index in [-0.39, 0.29) is 17.9 Å². The van der Waals surface area contributed by atoms with Crippen LogP contribution in [0.4, 0.5) is 13.2 Å². The van der Waals surface area contributed by atoms with Crippen LogP contribution in [0.1, 0.15) is 54.3 Å². The van der Waals surface area contributed by atoms with Crippen LogP contribution < -0.4 is 5.32 Å². The molecule has 0 radical (unpaired) electrons. The van der Waals surface area contributed by atoms with Gasteiger partial charge in [-0.05, 0) is 85.1 Å². The standard InChI is InChI=1S/C24H25F3N2O/c25-24(26,27)19-4-1-15(2-5-19)17-3-6-20-18-9-12-29(22(14-18)21(20)13-17)23(30)16-7-10-28-11-8-16/h1-6,13,16,18,22,28H,7-12,14H2. The number of rotatable bonds is 2. The molecule has 1 aliphatic carbocycles. The van der Waals surface area contributed by atoms with Crippen LogP contribution in [-0.2, 0) is 11.0 Å². The van der Waals surface area contributed by atoms with Gasteiger partial charge in [0, 0.05) is 12.5 Å². The molecule has 2 fully saturated rings. The van der Waals surface area contributed by atoms with E-state index in [0.29, 0.717) is 5.92 Å². The maximum Gasteiger partial charge on any atom is 0.416 e. The minimum absolute atomic E-state index is 0.0931. The zero-order valence-corrected chi connectivity index (χ0v) is 16.7. The number of hydrogen-bond donors (Lipinski definition) is 1. The molecule has 2 aliphatic heterocycles. The number of nitrogens with zero attached hydrogens (tertiary/aromatic N) is 1. The Labute approximate surface area is 174 Å². The van der Waals surface area contributed by atoms with Gasteiger partial charge < -0.3 is 10.2 Å². The molecule has 0 spiro atoms. The van der Waals surface area contributed by atoms with Crippen LogP contribution in [0, 0.1) is 5.92 Å². The molecule has 2 saturated heterocycles. The lowest BCUT2D eigenvalue weighted by Crippen LogP contribution is -2.44. The second-order valence-corrected chi connectivity index (χ2v) is 8.71. The van der Waals surface area contributed by atoms with Crippen molar-refractivity contribution in [3.63, 3.8) is 0 Å². The van der Waals surface area contributed by atoms with Crippen LogP contribution in [0.25, 0.3) is 11.1 Å². The SMILES string of the molecule is O=C(C1CCNCC1)N1CCC2CC1c1cc(-c3ccc(C(F)(F)F)cc3)ccc12. The predicted octanol–water partition coefficient (Wildman–Crippen LogP) is 5.13. The Kier molecular flexibility index (Phi) is 4.85. The Morgan fingerprint density at radius 1 is 0.933 bits per heavy atom. The molecule has 2 atom stereocenters. The maximum atomic E-state index is 13.2. The number of nitrogens with one attached hydrogen (secondary N) is 1. The van der Waals surface area contributed by atoms with E-state index >= 15 is 0 Å². The summed E-state index contributed by atoms with van der Waals surface area (Å²) in [5, 5.41) is 3.32. The third kappa shape index (κ3) is 3.41. The monoisotopic (exact) mass is 414 g/mol. The van der Waals surface area contributed by atoms with Gasteiger partial charge in [-0.2, -0.15) is 13.2 Å². The van der Waals surface area contributed by atoms with Gasteiger partial charge in [-0.25, -0.2) is 0 Å². The summed E-state index contributed by atoms with van der Waals surface area (Å²) in [4.78, 5) is 15.3. The minimum atomic E-state index is -4.33. The van der Waals surface area contributed by atoms with Crippen LogP contribution in [-0.4, -0.2) is 30.4 Å². The minimum Gasteiger partial charge on any atom is -0.335 e. The molecule has 0 saturated carbocycles. The van der Waals surface area contributed by atoms with Crippen LogP contribution >= 0.6 is 0 Å². The van der Waals surface area contributed by atoms with Crippen LogP contribution in [0.5, 0.6) is 0 Å². The van der Waals surface area contributed by atoms with Gasteiger partial charge in [0.2, 0.25) is 5.91 Å². The van der Waals surface area contributed by atoms with Crippen molar-refractivity contribution < 1.29 is 18.0 Å².